The van der Waals surface area contributed by atoms with Crippen LogP contribution in [0.25, 0.3) is 0 Å². The molecule has 1 aliphatic heterocycles. The van der Waals surface area contributed by atoms with E-state index in [9.17, 15) is 0 Å². The first-order valence-electron chi connectivity index (χ1n) is 7.07. The summed E-state index contributed by atoms with van der Waals surface area (Å²) >= 11 is 0. The molecule has 1 heterocycles. The third kappa shape index (κ3) is 3.46. The topological polar surface area (TPSA) is 21.3 Å². The average molecular weight is 225 g/mol. The van der Waals surface area contributed by atoms with E-state index in [0.717, 1.165) is 37.0 Å². The molecular formula is C14H27NO. The standard InChI is InChI=1S/C14H27NO/c1-11-3-4-12(2)14(9-11)15-10-13-5-7-16-8-6-13/h11-15H,3-10H2,1-2H3. The van der Waals surface area contributed by atoms with Crippen molar-refractivity contribution in [3.8, 4) is 0 Å². The van der Waals surface area contributed by atoms with E-state index in [2.05, 4.69) is 19.2 Å². The zero-order chi connectivity index (χ0) is 11.4. The molecule has 0 aromatic carbocycles. The predicted octanol–water partition coefficient (Wildman–Crippen LogP) is 2.83. The van der Waals surface area contributed by atoms with Gasteiger partial charge in [0.2, 0.25) is 0 Å². The molecule has 2 rings (SSSR count). The number of rotatable bonds is 3. The minimum Gasteiger partial charge on any atom is -0.381 e. The van der Waals surface area contributed by atoms with Crippen LogP contribution in [-0.4, -0.2) is 25.8 Å². The maximum atomic E-state index is 5.40. The van der Waals surface area contributed by atoms with Gasteiger partial charge in [-0.1, -0.05) is 20.3 Å². The van der Waals surface area contributed by atoms with E-state index < -0.39 is 0 Å². The highest BCUT2D eigenvalue weighted by atomic mass is 16.5. The first-order chi connectivity index (χ1) is 7.75. The van der Waals surface area contributed by atoms with Gasteiger partial charge in [0.25, 0.3) is 0 Å². The lowest BCUT2D eigenvalue weighted by Gasteiger charge is -2.35. The van der Waals surface area contributed by atoms with E-state index in [1.165, 1.54) is 38.6 Å². The second kappa shape index (κ2) is 6.02. The number of hydrogen-bond donors (Lipinski definition) is 1. The average Bonchev–Trinajstić information content (AvgIpc) is 2.32. The smallest absolute Gasteiger partial charge is 0.0469 e. The van der Waals surface area contributed by atoms with Crippen molar-refractivity contribution >= 4 is 0 Å². The molecule has 0 aromatic rings. The summed E-state index contributed by atoms with van der Waals surface area (Å²) in [6.07, 6.45) is 6.72. The van der Waals surface area contributed by atoms with Gasteiger partial charge >= 0.3 is 0 Å². The molecule has 3 unspecified atom stereocenters. The Morgan fingerprint density at radius 2 is 1.81 bits per heavy atom. The van der Waals surface area contributed by atoms with Gasteiger partial charge in [-0.05, 0) is 50.0 Å². The zero-order valence-electron chi connectivity index (χ0n) is 10.9. The van der Waals surface area contributed by atoms with E-state index >= 15 is 0 Å². The summed E-state index contributed by atoms with van der Waals surface area (Å²) in [6.45, 7) is 7.97. The Labute approximate surface area is 100 Å². The summed E-state index contributed by atoms with van der Waals surface area (Å²) in [4.78, 5) is 0. The molecule has 2 fully saturated rings. The Morgan fingerprint density at radius 3 is 2.56 bits per heavy atom. The van der Waals surface area contributed by atoms with Crippen LogP contribution >= 0.6 is 0 Å². The molecule has 16 heavy (non-hydrogen) atoms. The van der Waals surface area contributed by atoms with E-state index in [1.54, 1.807) is 0 Å². The first-order valence-corrected chi connectivity index (χ1v) is 7.07. The van der Waals surface area contributed by atoms with Crippen molar-refractivity contribution in [2.24, 2.45) is 17.8 Å². The molecule has 94 valence electrons. The lowest BCUT2D eigenvalue weighted by molar-refractivity contribution is 0.0635. The van der Waals surface area contributed by atoms with Crippen LogP contribution in [0.15, 0.2) is 0 Å². The van der Waals surface area contributed by atoms with Crippen LogP contribution in [0.1, 0.15) is 46.0 Å². The Morgan fingerprint density at radius 1 is 1.06 bits per heavy atom. The Balaban J connectivity index is 1.71. The molecule has 0 spiro atoms. The zero-order valence-corrected chi connectivity index (χ0v) is 10.9. The van der Waals surface area contributed by atoms with Crippen molar-refractivity contribution in [1.82, 2.24) is 5.32 Å². The van der Waals surface area contributed by atoms with Crippen LogP contribution in [-0.2, 0) is 4.74 Å². The van der Waals surface area contributed by atoms with Crippen LogP contribution in [0.5, 0.6) is 0 Å². The molecule has 2 heteroatoms. The van der Waals surface area contributed by atoms with Crippen molar-refractivity contribution in [3.05, 3.63) is 0 Å². The number of nitrogens with one attached hydrogen (secondary N) is 1. The van der Waals surface area contributed by atoms with Gasteiger partial charge in [0.05, 0.1) is 0 Å². The molecule has 0 aromatic heterocycles. The summed E-state index contributed by atoms with van der Waals surface area (Å²) in [7, 11) is 0. The molecule has 2 aliphatic rings. The molecule has 1 N–H and O–H groups in total. The monoisotopic (exact) mass is 225 g/mol. The van der Waals surface area contributed by atoms with Crippen LogP contribution < -0.4 is 5.32 Å². The van der Waals surface area contributed by atoms with Gasteiger partial charge in [-0.25, -0.2) is 0 Å². The quantitative estimate of drug-likeness (QED) is 0.797. The summed E-state index contributed by atoms with van der Waals surface area (Å²) in [5.41, 5.74) is 0. The third-order valence-corrected chi connectivity index (χ3v) is 4.47. The number of hydrogen-bond acceptors (Lipinski definition) is 2. The first kappa shape index (κ1) is 12.4. The molecule has 3 atom stereocenters. The fourth-order valence-electron chi connectivity index (χ4n) is 3.09. The molecule has 2 nitrogen and oxygen atoms in total. The fourth-order valence-corrected chi connectivity index (χ4v) is 3.09. The van der Waals surface area contributed by atoms with Gasteiger partial charge in [0.15, 0.2) is 0 Å². The third-order valence-electron chi connectivity index (χ3n) is 4.47. The minimum absolute atomic E-state index is 0.770. The maximum absolute atomic E-state index is 5.40. The molecule has 1 saturated heterocycles. The summed E-state index contributed by atoms with van der Waals surface area (Å²) in [6, 6.07) is 0.770. The van der Waals surface area contributed by atoms with E-state index in [0.29, 0.717) is 0 Å². The lowest BCUT2D eigenvalue weighted by atomic mass is 9.80. The van der Waals surface area contributed by atoms with Crippen LogP contribution in [0.2, 0.25) is 0 Å². The largest absolute Gasteiger partial charge is 0.381 e. The Bertz CT molecular complexity index is 201. The predicted molar refractivity (Wildman–Crippen MR) is 67.5 cm³/mol. The molecule has 1 saturated carbocycles. The highest BCUT2D eigenvalue weighted by Crippen LogP contribution is 2.28. The molecule has 0 bridgehead atoms. The van der Waals surface area contributed by atoms with Crippen molar-refractivity contribution in [2.45, 2.75) is 52.0 Å². The summed E-state index contributed by atoms with van der Waals surface area (Å²) in [5.74, 6) is 2.65. The van der Waals surface area contributed by atoms with Crippen molar-refractivity contribution in [3.63, 3.8) is 0 Å². The Hall–Kier alpha value is -0.0800. The van der Waals surface area contributed by atoms with E-state index in [1.807, 2.05) is 0 Å². The highest BCUT2D eigenvalue weighted by Gasteiger charge is 2.25. The lowest BCUT2D eigenvalue weighted by Crippen LogP contribution is -2.42. The Kier molecular flexibility index (Phi) is 4.66. The number of ether oxygens (including phenoxy) is 1. The van der Waals surface area contributed by atoms with Gasteiger partial charge in [0, 0.05) is 19.3 Å². The molecule has 0 amide bonds. The van der Waals surface area contributed by atoms with Gasteiger partial charge < -0.3 is 10.1 Å². The summed E-state index contributed by atoms with van der Waals surface area (Å²) in [5, 5.41) is 3.82. The van der Waals surface area contributed by atoms with Gasteiger partial charge in [-0.3, -0.25) is 0 Å². The second-order valence-electron chi connectivity index (χ2n) is 5.97. The molecular weight excluding hydrogens is 198 g/mol. The maximum Gasteiger partial charge on any atom is 0.0469 e. The van der Waals surface area contributed by atoms with Crippen LogP contribution in [0.4, 0.5) is 0 Å². The normalized spacial score (nSPS) is 37.5. The van der Waals surface area contributed by atoms with Crippen LogP contribution in [0, 0.1) is 17.8 Å². The molecule has 1 aliphatic carbocycles. The minimum atomic E-state index is 0.770. The highest BCUT2D eigenvalue weighted by molar-refractivity contribution is 4.82. The fraction of sp³-hybridized carbons (Fsp3) is 1.00. The SMILES string of the molecule is CC1CCC(C)C(NCC2CCOCC2)C1. The van der Waals surface area contributed by atoms with Gasteiger partial charge in [-0.2, -0.15) is 0 Å². The molecule has 0 radical (unpaired) electrons. The van der Waals surface area contributed by atoms with Gasteiger partial charge in [0.1, 0.15) is 0 Å². The van der Waals surface area contributed by atoms with Gasteiger partial charge in [-0.15, -0.1) is 0 Å². The summed E-state index contributed by atoms with van der Waals surface area (Å²) < 4.78 is 5.40. The second-order valence-corrected chi connectivity index (χ2v) is 5.97. The van der Waals surface area contributed by atoms with Crippen molar-refractivity contribution < 1.29 is 4.74 Å². The van der Waals surface area contributed by atoms with E-state index in [-0.39, 0.29) is 0 Å². The van der Waals surface area contributed by atoms with Crippen LogP contribution in [0.3, 0.4) is 0 Å². The van der Waals surface area contributed by atoms with Crippen molar-refractivity contribution in [2.75, 3.05) is 19.8 Å². The van der Waals surface area contributed by atoms with E-state index in [4.69, 9.17) is 4.74 Å². The van der Waals surface area contributed by atoms with Crippen molar-refractivity contribution in [1.29, 1.82) is 0 Å².